The third-order valence-corrected chi connectivity index (χ3v) is 4.96. The molecule has 0 unspecified atom stereocenters. The van der Waals surface area contributed by atoms with Gasteiger partial charge in [-0.15, -0.1) is 0 Å². The highest BCUT2D eigenvalue weighted by Crippen LogP contribution is 2.07. The van der Waals surface area contributed by atoms with Crippen molar-refractivity contribution in [2.24, 2.45) is 17.4 Å². The van der Waals surface area contributed by atoms with E-state index in [4.69, 9.17) is 21.7 Å². The van der Waals surface area contributed by atoms with Crippen LogP contribution in [0.3, 0.4) is 0 Å². The Labute approximate surface area is 192 Å². The van der Waals surface area contributed by atoms with Crippen LogP contribution in [-0.2, 0) is 25.6 Å². The fourth-order valence-corrected chi connectivity index (χ4v) is 2.98. The minimum atomic E-state index is -1.51. The number of aromatic nitrogens is 2. The first-order valence-electron chi connectivity index (χ1n) is 10.8. The highest BCUT2D eigenvalue weighted by molar-refractivity contribution is 5.94. The first kappa shape index (κ1) is 28.0. The maximum Gasteiger partial charge on any atom is 0.328 e. The van der Waals surface area contributed by atoms with Crippen LogP contribution in [0.25, 0.3) is 0 Å². The number of hydrogen-bond acceptors (Lipinski definition) is 8. The van der Waals surface area contributed by atoms with Crippen molar-refractivity contribution in [1.29, 1.82) is 0 Å². The number of aromatic amines is 1. The van der Waals surface area contributed by atoms with Crippen LogP contribution >= 0.6 is 0 Å². The van der Waals surface area contributed by atoms with E-state index in [0.29, 0.717) is 25.1 Å². The maximum atomic E-state index is 13.0. The van der Waals surface area contributed by atoms with E-state index >= 15 is 0 Å². The number of aliphatic hydroxyl groups excluding tert-OH is 1. The van der Waals surface area contributed by atoms with E-state index in [-0.39, 0.29) is 6.42 Å². The van der Waals surface area contributed by atoms with Gasteiger partial charge in [0, 0.05) is 18.3 Å². The van der Waals surface area contributed by atoms with Gasteiger partial charge in [-0.05, 0) is 25.3 Å². The Hall–Kier alpha value is -3.03. The number of unbranched alkanes of at least 4 members (excludes halogenated alkanes) is 1. The van der Waals surface area contributed by atoms with Crippen molar-refractivity contribution in [1.82, 2.24) is 25.9 Å². The lowest BCUT2D eigenvalue weighted by Crippen LogP contribution is -2.59. The first-order chi connectivity index (χ1) is 15.6. The third-order valence-electron chi connectivity index (χ3n) is 4.96. The third kappa shape index (κ3) is 9.55. The lowest BCUT2D eigenvalue weighted by molar-refractivity contribution is -0.143. The number of aliphatic carboxylic acids is 1. The number of nitrogens with one attached hydrogen (secondary N) is 4. The number of imidazole rings is 1. The summed E-state index contributed by atoms with van der Waals surface area (Å²) in [5, 5.41) is 25.6. The van der Waals surface area contributed by atoms with Gasteiger partial charge in [-0.25, -0.2) is 9.78 Å². The second kappa shape index (κ2) is 14.2. The Morgan fingerprint density at radius 2 is 1.73 bits per heavy atom. The summed E-state index contributed by atoms with van der Waals surface area (Å²) in [6, 6.07) is -4.52. The molecule has 0 aliphatic carbocycles. The zero-order valence-electron chi connectivity index (χ0n) is 18.9. The largest absolute Gasteiger partial charge is 0.480 e. The van der Waals surface area contributed by atoms with Crippen molar-refractivity contribution in [3.05, 3.63) is 18.2 Å². The Balaban J connectivity index is 2.94. The molecular weight excluding hydrogens is 434 g/mol. The van der Waals surface area contributed by atoms with E-state index in [0.717, 1.165) is 6.42 Å². The number of nitrogens with two attached hydrogens (primary N) is 2. The second-order valence-corrected chi connectivity index (χ2v) is 8.05. The van der Waals surface area contributed by atoms with E-state index in [1.807, 2.05) is 0 Å². The van der Waals surface area contributed by atoms with Crippen molar-refractivity contribution in [2.75, 3.05) is 13.2 Å². The van der Waals surface area contributed by atoms with Crippen molar-refractivity contribution in [3.8, 4) is 0 Å². The molecule has 13 heteroatoms. The molecule has 0 aliphatic rings. The van der Waals surface area contributed by atoms with E-state index in [1.54, 1.807) is 13.8 Å². The minimum absolute atomic E-state index is 0.0634. The molecule has 0 saturated heterocycles. The molecule has 0 spiro atoms. The number of nitrogens with zero attached hydrogens (tertiary/aromatic N) is 1. The lowest BCUT2D eigenvalue weighted by Gasteiger charge is -2.26. The molecule has 0 saturated carbocycles. The fraction of sp³-hybridized carbons (Fsp3) is 0.650. The Morgan fingerprint density at radius 1 is 1.06 bits per heavy atom. The van der Waals surface area contributed by atoms with Crippen molar-refractivity contribution >= 4 is 23.7 Å². The monoisotopic (exact) mass is 469 g/mol. The van der Waals surface area contributed by atoms with Crippen LogP contribution in [0.15, 0.2) is 12.5 Å². The van der Waals surface area contributed by atoms with Crippen LogP contribution in [0, 0.1) is 5.92 Å². The number of carboxylic acids is 1. The van der Waals surface area contributed by atoms with Gasteiger partial charge >= 0.3 is 5.97 Å². The van der Waals surface area contributed by atoms with Crippen molar-refractivity contribution in [2.45, 2.75) is 63.7 Å². The van der Waals surface area contributed by atoms with Crippen LogP contribution in [0.4, 0.5) is 0 Å². The molecule has 1 aromatic heterocycles. The van der Waals surface area contributed by atoms with Gasteiger partial charge in [0.1, 0.15) is 18.1 Å². The van der Waals surface area contributed by atoms with E-state index < -0.39 is 60.4 Å². The van der Waals surface area contributed by atoms with Gasteiger partial charge in [0.2, 0.25) is 17.7 Å². The molecule has 0 aromatic carbocycles. The van der Waals surface area contributed by atoms with Crippen LogP contribution in [0.1, 0.15) is 38.8 Å². The van der Waals surface area contributed by atoms with Crippen LogP contribution in [0.2, 0.25) is 0 Å². The topological polar surface area (TPSA) is 226 Å². The molecule has 13 nitrogen and oxygen atoms in total. The second-order valence-electron chi connectivity index (χ2n) is 8.05. The molecule has 1 aromatic rings. The molecule has 3 amide bonds. The van der Waals surface area contributed by atoms with Gasteiger partial charge in [0.15, 0.2) is 0 Å². The number of aliphatic hydroxyl groups is 1. The Bertz CT molecular complexity index is 771. The average molecular weight is 470 g/mol. The van der Waals surface area contributed by atoms with Crippen molar-refractivity contribution < 1.29 is 29.4 Å². The molecule has 0 radical (unpaired) electrons. The number of hydrogen-bond donors (Lipinski definition) is 8. The summed E-state index contributed by atoms with van der Waals surface area (Å²) in [5.74, 6) is -3.78. The van der Waals surface area contributed by atoms with Gasteiger partial charge in [0.25, 0.3) is 0 Å². The normalized spacial score (nSPS) is 14.7. The SMILES string of the molecule is CC(C)[C@H](NC(=O)[C@H](Cc1cnc[nH]1)NC(=O)[C@@H](N)CCCCN)C(=O)N[C@@H](CO)C(=O)O. The van der Waals surface area contributed by atoms with Gasteiger partial charge in [0.05, 0.1) is 19.0 Å². The average Bonchev–Trinajstić information content (AvgIpc) is 3.27. The number of H-pyrrole nitrogens is 1. The van der Waals surface area contributed by atoms with Crippen LogP contribution < -0.4 is 27.4 Å². The molecule has 1 rings (SSSR count). The zero-order valence-corrected chi connectivity index (χ0v) is 18.9. The predicted molar refractivity (Wildman–Crippen MR) is 119 cm³/mol. The van der Waals surface area contributed by atoms with Crippen LogP contribution in [0.5, 0.6) is 0 Å². The summed E-state index contributed by atoms with van der Waals surface area (Å²) in [5.41, 5.74) is 12.0. The predicted octanol–water partition coefficient (Wildman–Crippen LogP) is -2.40. The van der Waals surface area contributed by atoms with Gasteiger partial charge in [-0.2, -0.15) is 0 Å². The maximum absolute atomic E-state index is 13.0. The summed E-state index contributed by atoms with van der Waals surface area (Å²) >= 11 is 0. The van der Waals surface area contributed by atoms with E-state index in [2.05, 4.69) is 25.9 Å². The molecule has 0 fully saturated rings. The van der Waals surface area contributed by atoms with Gasteiger partial charge < -0.3 is 42.6 Å². The molecule has 0 aliphatic heterocycles. The number of carbonyl (C=O) groups excluding carboxylic acids is 3. The number of amides is 3. The zero-order chi connectivity index (χ0) is 25.0. The van der Waals surface area contributed by atoms with Crippen molar-refractivity contribution in [3.63, 3.8) is 0 Å². The molecule has 4 atom stereocenters. The molecule has 1 heterocycles. The number of rotatable bonds is 15. The fourth-order valence-electron chi connectivity index (χ4n) is 2.98. The van der Waals surface area contributed by atoms with Gasteiger partial charge in [-0.1, -0.05) is 20.3 Å². The standard InChI is InChI=1S/C20H35N7O6/c1-11(2)16(19(31)26-15(9-28)20(32)33)27-18(30)14(7-12-8-23-10-24-12)25-17(29)13(22)5-3-4-6-21/h8,10-11,13-16,28H,3-7,9,21-22H2,1-2H3,(H,23,24)(H,25,29)(H,26,31)(H,27,30)(H,32,33)/t13-,14-,15-,16-/m0/s1. The molecule has 33 heavy (non-hydrogen) atoms. The number of carboxylic acid groups (broad SMARTS) is 1. The van der Waals surface area contributed by atoms with Crippen LogP contribution in [-0.4, -0.2) is 81.2 Å². The Kier molecular flexibility index (Phi) is 12.0. The minimum Gasteiger partial charge on any atom is -0.480 e. The summed E-state index contributed by atoms with van der Waals surface area (Å²) in [6.07, 6.45) is 4.77. The highest BCUT2D eigenvalue weighted by Gasteiger charge is 2.32. The summed E-state index contributed by atoms with van der Waals surface area (Å²) in [6.45, 7) is 3.00. The Morgan fingerprint density at radius 3 is 2.24 bits per heavy atom. The lowest BCUT2D eigenvalue weighted by atomic mass is 10.0. The quantitative estimate of drug-likeness (QED) is 0.128. The van der Waals surface area contributed by atoms with E-state index in [9.17, 15) is 19.2 Å². The highest BCUT2D eigenvalue weighted by atomic mass is 16.4. The summed E-state index contributed by atoms with van der Waals surface area (Å²) in [4.78, 5) is 56.0. The van der Waals surface area contributed by atoms with E-state index in [1.165, 1.54) is 12.5 Å². The molecular formula is C20H35N7O6. The molecule has 186 valence electrons. The molecule has 0 bridgehead atoms. The van der Waals surface area contributed by atoms with Gasteiger partial charge in [-0.3, -0.25) is 14.4 Å². The number of carbonyl (C=O) groups is 4. The molecule has 10 N–H and O–H groups in total. The summed E-state index contributed by atoms with van der Waals surface area (Å²) in [7, 11) is 0. The summed E-state index contributed by atoms with van der Waals surface area (Å²) < 4.78 is 0. The smallest absolute Gasteiger partial charge is 0.328 e. The first-order valence-corrected chi connectivity index (χ1v) is 10.8.